The normalized spacial score (nSPS) is 11.5. The molecule has 0 fully saturated rings. The van der Waals surface area contributed by atoms with Crippen LogP contribution in [0.5, 0.6) is 5.75 Å². The van der Waals surface area contributed by atoms with Crippen molar-refractivity contribution in [3.05, 3.63) is 84.8 Å². The second-order valence-corrected chi connectivity index (χ2v) is 8.90. The topological polar surface area (TPSA) is 68.2 Å². The molecule has 0 aliphatic heterocycles. The summed E-state index contributed by atoms with van der Waals surface area (Å²) in [6, 6.07) is 19.8. The van der Waals surface area contributed by atoms with Gasteiger partial charge in [0.2, 0.25) is 0 Å². The standard InChI is InChI=1S/C23H19N3O3S.BrH/c1-16-23(24-22-10-6-7-13-25(16)22)20-15-26(21-12-11-17(29-2)14-19(20)21)30(27,28)18-8-4-3-5-9-18;/h3-15H,1-2H3;1H. The van der Waals surface area contributed by atoms with Crippen LogP contribution in [0.4, 0.5) is 0 Å². The van der Waals surface area contributed by atoms with Crippen LogP contribution in [0.25, 0.3) is 27.8 Å². The van der Waals surface area contributed by atoms with Crippen LogP contribution in [-0.2, 0) is 10.0 Å². The van der Waals surface area contributed by atoms with Crippen molar-refractivity contribution in [3.63, 3.8) is 0 Å². The summed E-state index contributed by atoms with van der Waals surface area (Å²) in [6.07, 6.45) is 3.66. The van der Waals surface area contributed by atoms with Gasteiger partial charge in [0.1, 0.15) is 5.75 Å². The summed E-state index contributed by atoms with van der Waals surface area (Å²) < 4.78 is 35.6. The molecule has 0 saturated carbocycles. The smallest absolute Gasteiger partial charge is 0.284 e. The number of aromatic amines is 1. The van der Waals surface area contributed by atoms with Gasteiger partial charge in [0.15, 0.2) is 11.4 Å². The van der Waals surface area contributed by atoms with E-state index in [0.29, 0.717) is 11.3 Å². The number of aryl methyl sites for hydroxylation is 1. The van der Waals surface area contributed by atoms with Gasteiger partial charge in [0, 0.05) is 24.6 Å². The Hall–Kier alpha value is -3.10. The quantitative estimate of drug-likeness (QED) is 0.375. The van der Waals surface area contributed by atoms with Crippen LogP contribution in [0.1, 0.15) is 5.69 Å². The minimum absolute atomic E-state index is 0. The number of fused-ring (bicyclic) bond motifs is 2. The minimum Gasteiger partial charge on any atom is -1.00 e. The molecule has 0 aliphatic rings. The largest absolute Gasteiger partial charge is 1.00 e. The van der Waals surface area contributed by atoms with Crippen molar-refractivity contribution >= 4 is 26.6 Å². The Morgan fingerprint density at radius 2 is 1.74 bits per heavy atom. The lowest BCUT2D eigenvalue weighted by atomic mass is 10.1. The molecule has 1 N–H and O–H groups in total. The van der Waals surface area contributed by atoms with E-state index >= 15 is 0 Å². The fourth-order valence-electron chi connectivity index (χ4n) is 3.85. The summed E-state index contributed by atoms with van der Waals surface area (Å²) in [4.78, 5) is 3.67. The molecule has 0 amide bonds. The fourth-order valence-corrected chi connectivity index (χ4v) is 5.24. The molecular weight excluding hydrogens is 478 g/mol. The Balaban J connectivity index is 0.00000231. The van der Waals surface area contributed by atoms with Crippen molar-refractivity contribution in [2.75, 3.05) is 7.11 Å². The van der Waals surface area contributed by atoms with Gasteiger partial charge < -0.3 is 21.7 Å². The summed E-state index contributed by atoms with van der Waals surface area (Å²) in [5.74, 6) is 0.667. The van der Waals surface area contributed by atoms with Gasteiger partial charge in [-0.1, -0.05) is 24.3 Å². The van der Waals surface area contributed by atoms with Crippen LogP contribution in [-0.4, -0.2) is 24.5 Å². The SMILES string of the molecule is COc1ccc2c(c1)c(-c1[nH]c3cccc[n+]3c1C)cn2S(=O)(=O)c1ccccc1.[Br-]. The Labute approximate surface area is 190 Å². The Bertz CT molecular complexity index is 1510. The van der Waals surface area contributed by atoms with Crippen LogP contribution in [0.15, 0.2) is 84.0 Å². The van der Waals surface area contributed by atoms with E-state index in [4.69, 9.17) is 4.74 Å². The predicted molar refractivity (Wildman–Crippen MR) is 115 cm³/mol. The minimum atomic E-state index is -3.76. The first-order valence-electron chi connectivity index (χ1n) is 9.50. The van der Waals surface area contributed by atoms with Gasteiger partial charge in [-0.2, -0.15) is 4.40 Å². The molecule has 3 heterocycles. The number of hydrogen-bond donors (Lipinski definition) is 1. The van der Waals surface area contributed by atoms with Crippen molar-refractivity contribution in [2.24, 2.45) is 0 Å². The number of halogens is 1. The van der Waals surface area contributed by atoms with Gasteiger partial charge in [-0.25, -0.2) is 17.4 Å². The van der Waals surface area contributed by atoms with Crippen LogP contribution < -0.4 is 26.1 Å². The zero-order valence-electron chi connectivity index (χ0n) is 16.9. The summed E-state index contributed by atoms with van der Waals surface area (Å²) >= 11 is 0. The maximum absolute atomic E-state index is 13.4. The van der Waals surface area contributed by atoms with E-state index in [2.05, 4.69) is 4.98 Å². The number of methoxy groups -OCH3 is 1. The third-order valence-corrected chi connectivity index (χ3v) is 7.07. The van der Waals surface area contributed by atoms with Crippen LogP contribution in [0.2, 0.25) is 0 Å². The van der Waals surface area contributed by atoms with Crippen molar-refractivity contribution in [1.82, 2.24) is 8.96 Å². The van der Waals surface area contributed by atoms with E-state index in [1.807, 2.05) is 41.8 Å². The maximum atomic E-state index is 13.4. The number of H-pyrrole nitrogens is 1. The third-order valence-electron chi connectivity index (χ3n) is 5.38. The average Bonchev–Trinajstić information content (AvgIpc) is 3.32. The van der Waals surface area contributed by atoms with Gasteiger partial charge in [-0.15, -0.1) is 0 Å². The highest BCUT2D eigenvalue weighted by molar-refractivity contribution is 7.90. The molecule has 0 aliphatic carbocycles. The number of rotatable bonds is 4. The lowest BCUT2D eigenvalue weighted by Gasteiger charge is -2.07. The first-order chi connectivity index (χ1) is 14.5. The Morgan fingerprint density at radius 3 is 2.45 bits per heavy atom. The van der Waals surface area contributed by atoms with Gasteiger partial charge in [0.25, 0.3) is 15.7 Å². The first kappa shape index (κ1) is 21.1. The van der Waals surface area contributed by atoms with E-state index in [0.717, 1.165) is 28.0 Å². The number of nitrogens with one attached hydrogen (secondary N) is 1. The van der Waals surface area contributed by atoms with Gasteiger partial charge >= 0.3 is 0 Å². The molecule has 3 aromatic heterocycles. The number of aromatic nitrogens is 3. The summed E-state index contributed by atoms with van der Waals surface area (Å²) in [7, 11) is -2.16. The fraction of sp³-hybridized carbons (Fsp3) is 0.0870. The van der Waals surface area contributed by atoms with Crippen molar-refractivity contribution < 1.29 is 34.5 Å². The summed E-state index contributed by atoms with van der Waals surface area (Å²) in [6.45, 7) is 2.01. The average molecular weight is 498 g/mol. The number of ether oxygens (including phenoxy) is 1. The zero-order chi connectivity index (χ0) is 20.9. The monoisotopic (exact) mass is 497 g/mol. The molecule has 0 spiro atoms. The van der Waals surface area contributed by atoms with Gasteiger partial charge in [-0.3, -0.25) is 0 Å². The number of imidazole rings is 1. The first-order valence-corrected chi connectivity index (χ1v) is 10.9. The lowest BCUT2D eigenvalue weighted by molar-refractivity contribution is -0.517. The van der Waals surface area contributed by atoms with E-state index in [1.54, 1.807) is 55.8 Å². The molecule has 6 nitrogen and oxygen atoms in total. The second kappa shape index (κ2) is 7.86. The highest BCUT2D eigenvalue weighted by atomic mass is 79.9. The van der Waals surface area contributed by atoms with Crippen molar-refractivity contribution in [1.29, 1.82) is 0 Å². The molecule has 158 valence electrons. The molecular formula is C23H20BrN3O3S. The Morgan fingerprint density at radius 1 is 1.00 bits per heavy atom. The molecule has 0 radical (unpaired) electrons. The van der Waals surface area contributed by atoms with Crippen LogP contribution >= 0.6 is 0 Å². The molecule has 0 saturated heterocycles. The maximum Gasteiger partial charge on any atom is 0.284 e. The highest BCUT2D eigenvalue weighted by Crippen LogP contribution is 2.35. The van der Waals surface area contributed by atoms with E-state index in [1.165, 1.54) is 3.97 Å². The number of benzene rings is 2. The highest BCUT2D eigenvalue weighted by Gasteiger charge is 2.26. The number of nitrogens with zero attached hydrogens (tertiary/aromatic N) is 2. The van der Waals surface area contributed by atoms with E-state index in [-0.39, 0.29) is 21.9 Å². The molecule has 0 unspecified atom stereocenters. The number of pyridine rings is 1. The molecule has 5 aromatic rings. The predicted octanol–water partition coefficient (Wildman–Crippen LogP) is 0.933. The molecule has 0 bridgehead atoms. The molecule has 0 atom stereocenters. The van der Waals surface area contributed by atoms with Crippen LogP contribution in [0.3, 0.4) is 0 Å². The molecule has 31 heavy (non-hydrogen) atoms. The van der Waals surface area contributed by atoms with Crippen molar-refractivity contribution in [3.8, 4) is 17.0 Å². The molecule has 5 rings (SSSR count). The Kier molecular flexibility index (Phi) is 5.36. The lowest BCUT2D eigenvalue weighted by Crippen LogP contribution is -3.00. The van der Waals surface area contributed by atoms with E-state index < -0.39 is 10.0 Å². The van der Waals surface area contributed by atoms with Gasteiger partial charge in [-0.05, 0) is 36.4 Å². The summed E-state index contributed by atoms with van der Waals surface area (Å²) in [5.41, 5.74) is 4.17. The van der Waals surface area contributed by atoms with Crippen molar-refractivity contribution in [2.45, 2.75) is 11.8 Å². The number of hydrogen-bond acceptors (Lipinski definition) is 3. The third kappa shape index (κ3) is 3.32. The van der Waals surface area contributed by atoms with Gasteiger partial charge in [0.05, 0.1) is 29.3 Å². The molecule has 2 aromatic carbocycles. The zero-order valence-corrected chi connectivity index (χ0v) is 19.3. The molecule has 8 heteroatoms. The van der Waals surface area contributed by atoms with Crippen LogP contribution in [0, 0.1) is 6.92 Å². The summed E-state index contributed by atoms with van der Waals surface area (Å²) in [5, 5.41) is 0.795. The second-order valence-electron chi connectivity index (χ2n) is 7.08. The van der Waals surface area contributed by atoms with E-state index in [9.17, 15) is 8.42 Å².